The van der Waals surface area contributed by atoms with Crippen LogP contribution in [0.4, 0.5) is 4.39 Å². The quantitative estimate of drug-likeness (QED) is 0.792. The molecule has 1 aliphatic rings. The maximum atomic E-state index is 13.5. The Morgan fingerprint density at radius 3 is 2.50 bits per heavy atom. The molecule has 2 rings (SSSR count). The topological polar surface area (TPSA) is 13.7 Å². The fraction of sp³-hybridized carbons (Fsp3) is 0.538. The van der Waals surface area contributed by atoms with Crippen LogP contribution in [0.15, 0.2) is 24.3 Å². The minimum atomic E-state index is -0.0956. The first-order valence-corrected chi connectivity index (χ1v) is 5.87. The SMILES string of the molecule is C[C@H]1C[NH+](Cc2ccccc2F)C[C@H](C)O1. The van der Waals surface area contributed by atoms with Crippen molar-refractivity contribution >= 4 is 0 Å². The lowest BCUT2D eigenvalue weighted by Gasteiger charge is -2.32. The summed E-state index contributed by atoms with van der Waals surface area (Å²) in [6, 6.07) is 7.03. The zero-order valence-corrected chi connectivity index (χ0v) is 9.87. The van der Waals surface area contributed by atoms with E-state index in [1.807, 2.05) is 12.1 Å². The molecule has 0 bridgehead atoms. The lowest BCUT2D eigenvalue weighted by atomic mass is 10.1. The summed E-state index contributed by atoms with van der Waals surface area (Å²) in [6.07, 6.45) is 0.538. The van der Waals surface area contributed by atoms with Gasteiger partial charge in [0.15, 0.2) is 0 Å². The van der Waals surface area contributed by atoms with E-state index in [9.17, 15) is 4.39 Å². The van der Waals surface area contributed by atoms with E-state index in [2.05, 4.69) is 13.8 Å². The number of morpholine rings is 1. The van der Waals surface area contributed by atoms with Gasteiger partial charge in [0.1, 0.15) is 37.7 Å². The van der Waals surface area contributed by atoms with Gasteiger partial charge in [0, 0.05) is 5.56 Å². The molecule has 2 atom stereocenters. The average molecular weight is 224 g/mol. The molecular weight excluding hydrogens is 205 g/mol. The zero-order valence-electron chi connectivity index (χ0n) is 9.87. The molecule has 1 N–H and O–H groups in total. The summed E-state index contributed by atoms with van der Waals surface area (Å²) in [5.41, 5.74) is 0.804. The number of hydrogen-bond donors (Lipinski definition) is 1. The van der Waals surface area contributed by atoms with Crippen LogP contribution in [0.5, 0.6) is 0 Å². The van der Waals surface area contributed by atoms with E-state index in [1.165, 1.54) is 11.0 Å². The van der Waals surface area contributed by atoms with Gasteiger partial charge in [0.2, 0.25) is 0 Å². The standard InChI is InChI=1S/C13H18FNO/c1-10-7-15(8-11(2)16-10)9-12-5-3-4-6-13(12)14/h3-6,10-11H,7-9H2,1-2H3/p+1/t10-,11-/m0/s1. The van der Waals surface area contributed by atoms with E-state index in [0.717, 1.165) is 25.2 Å². The summed E-state index contributed by atoms with van der Waals surface area (Å²) < 4.78 is 19.2. The Labute approximate surface area is 96.0 Å². The number of halogens is 1. The van der Waals surface area contributed by atoms with E-state index in [4.69, 9.17) is 4.74 Å². The van der Waals surface area contributed by atoms with Crippen molar-refractivity contribution in [2.75, 3.05) is 13.1 Å². The number of benzene rings is 1. The first-order chi connectivity index (χ1) is 7.65. The van der Waals surface area contributed by atoms with Crippen molar-refractivity contribution in [3.8, 4) is 0 Å². The van der Waals surface area contributed by atoms with Crippen LogP contribution in [0.25, 0.3) is 0 Å². The van der Waals surface area contributed by atoms with Crippen molar-refractivity contribution < 1.29 is 14.0 Å². The molecule has 16 heavy (non-hydrogen) atoms. The third-order valence-electron chi connectivity index (χ3n) is 3.02. The van der Waals surface area contributed by atoms with Crippen molar-refractivity contribution in [2.24, 2.45) is 0 Å². The molecule has 3 heteroatoms. The summed E-state index contributed by atoms with van der Waals surface area (Å²) in [7, 11) is 0. The molecule has 1 fully saturated rings. The molecule has 0 aromatic heterocycles. The molecule has 1 aromatic rings. The molecule has 0 unspecified atom stereocenters. The van der Waals surface area contributed by atoms with Crippen molar-refractivity contribution in [2.45, 2.75) is 32.6 Å². The molecule has 0 radical (unpaired) electrons. The summed E-state index contributed by atoms with van der Waals surface area (Å²) in [5.74, 6) is -0.0956. The monoisotopic (exact) mass is 224 g/mol. The predicted molar refractivity (Wildman–Crippen MR) is 60.8 cm³/mol. The number of rotatable bonds is 2. The molecule has 0 saturated carbocycles. The van der Waals surface area contributed by atoms with E-state index < -0.39 is 0 Å². The molecule has 1 heterocycles. The number of ether oxygens (including phenoxy) is 1. The van der Waals surface area contributed by atoms with Crippen molar-refractivity contribution in [3.05, 3.63) is 35.6 Å². The number of hydrogen-bond acceptors (Lipinski definition) is 1. The molecule has 0 spiro atoms. The maximum absolute atomic E-state index is 13.5. The van der Waals surface area contributed by atoms with E-state index >= 15 is 0 Å². The van der Waals surface area contributed by atoms with Crippen molar-refractivity contribution in [3.63, 3.8) is 0 Å². The van der Waals surface area contributed by atoms with Crippen LogP contribution in [0.3, 0.4) is 0 Å². The maximum Gasteiger partial charge on any atom is 0.132 e. The summed E-state index contributed by atoms with van der Waals surface area (Å²) in [6.45, 7) is 6.83. The van der Waals surface area contributed by atoms with Gasteiger partial charge in [0.25, 0.3) is 0 Å². The van der Waals surface area contributed by atoms with E-state index in [0.29, 0.717) is 0 Å². The first kappa shape index (κ1) is 11.6. The number of quaternary nitrogens is 1. The molecular formula is C13H19FNO+. The van der Waals surface area contributed by atoms with Gasteiger partial charge in [-0.05, 0) is 19.9 Å². The smallest absolute Gasteiger partial charge is 0.132 e. The third-order valence-corrected chi connectivity index (χ3v) is 3.02. The van der Waals surface area contributed by atoms with Gasteiger partial charge in [0.05, 0.1) is 0 Å². The average Bonchev–Trinajstić information content (AvgIpc) is 2.20. The second kappa shape index (κ2) is 4.93. The van der Waals surface area contributed by atoms with Gasteiger partial charge in [-0.1, -0.05) is 18.2 Å². The summed E-state index contributed by atoms with van der Waals surface area (Å²) in [4.78, 5) is 1.40. The summed E-state index contributed by atoms with van der Waals surface area (Å²) >= 11 is 0. The Morgan fingerprint density at radius 2 is 1.88 bits per heavy atom. The Balaban J connectivity index is 2.02. The van der Waals surface area contributed by atoms with Crippen LogP contribution in [0.2, 0.25) is 0 Å². The predicted octanol–water partition coefficient (Wildman–Crippen LogP) is 1.02. The minimum absolute atomic E-state index is 0.0956. The molecule has 0 amide bonds. The molecule has 2 nitrogen and oxygen atoms in total. The van der Waals surface area contributed by atoms with Gasteiger partial charge in [-0.2, -0.15) is 0 Å². The highest BCUT2D eigenvalue weighted by Crippen LogP contribution is 2.05. The van der Waals surface area contributed by atoms with Crippen LogP contribution in [-0.4, -0.2) is 25.3 Å². The van der Waals surface area contributed by atoms with Gasteiger partial charge in [-0.15, -0.1) is 0 Å². The van der Waals surface area contributed by atoms with Crippen molar-refractivity contribution in [1.82, 2.24) is 0 Å². The highest BCUT2D eigenvalue weighted by atomic mass is 19.1. The highest BCUT2D eigenvalue weighted by molar-refractivity contribution is 5.15. The van der Waals surface area contributed by atoms with Crippen LogP contribution in [-0.2, 0) is 11.3 Å². The lowest BCUT2D eigenvalue weighted by Crippen LogP contribution is -3.14. The fourth-order valence-electron chi connectivity index (χ4n) is 2.44. The van der Waals surface area contributed by atoms with Gasteiger partial charge < -0.3 is 9.64 Å². The molecule has 1 aromatic carbocycles. The number of nitrogens with one attached hydrogen (secondary N) is 1. The zero-order chi connectivity index (χ0) is 11.5. The Morgan fingerprint density at radius 1 is 1.25 bits per heavy atom. The molecule has 0 aliphatic carbocycles. The summed E-state index contributed by atoms with van der Waals surface area (Å²) in [5, 5.41) is 0. The third kappa shape index (κ3) is 2.80. The van der Waals surface area contributed by atoms with Crippen LogP contribution in [0.1, 0.15) is 19.4 Å². The lowest BCUT2D eigenvalue weighted by molar-refractivity contribution is -0.928. The largest absolute Gasteiger partial charge is 0.364 e. The highest BCUT2D eigenvalue weighted by Gasteiger charge is 2.25. The minimum Gasteiger partial charge on any atom is -0.364 e. The van der Waals surface area contributed by atoms with Crippen molar-refractivity contribution in [1.29, 1.82) is 0 Å². The van der Waals surface area contributed by atoms with E-state index in [-0.39, 0.29) is 18.0 Å². The van der Waals surface area contributed by atoms with Crippen LogP contribution < -0.4 is 4.90 Å². The second-order valence-electron chi connectivity index (χ2n) is 4.68. The molecule has 88 valence electrons. The second-order valence-corrected chi connectivity index (χ2v) is 4.68. The molecule has 1 saturated heterocycles. The first-order valence-electron chi connectivity index (χ1n) is 5.87. The van der Waals surface area contributed by atoms with Gasteiger partial charge in [-0.3, -0.25) is 0 Å². The molecule has 1 aliphatic heterocycles. The van der Waals surface area contributed by atoms with Crippen LogP contribution >= 0.6 is 0 Å². The Bertz CT molecular complexity index is 346. The van der Waals surface area contributed by atoms with Gasteiger partial charge >= 0.3 is 0 Å². The van der Waals surface area contributed by atoms with Gasteiger partial charge in [-0.25, -0.2) is 4.39 Å². The Hall–Kier alpha value is -0.930. The Kier molecular flexibility index (Phi) is 3.56. The van der Waals surface area contributed by atoms with E-state index in [1.54, 1.807) is 6.07 Å². The fourth-order valence-corrected chi connectivity index (χ4v) is 2.44. The van der Waals surface area contributed by atoms with Crippen LogP contribution in [0, 0.1) is 5.82 Å². The normalized spacial score (nSPS) is 30.3.